The van der Waals surface area contributed by atoms with Crippen LogP contribution in [0.25, 0.3) is 5.78 Å². The number of ether oxygens (including phenoxy) is 3. The van der Waals surface area contributed by atoms with Gasteiger partial charge in [0.15, 0.2) is 11.5 Å². The van der Waals surface area contributed by atoms with Crippen LogP contribution in [-0.4, -0.2) is 51.9 Å². The molecule has 152 valence electrons. The van der Waals surface area contributed by atoms with Crippen LogP contribution in [-0.2, 0) is 0 Å². The first-order valence-corrected chi connectivity index (χ1v) is 9.50. The maximum absolute atomic E-state index is 11.8. The number of aromatic amines is 1. The first-order valence-electron chi connectivity index (χ1n) is 11.1. The molecule has 9 nitrogen and oxygen atoms in total. The van der Waals surface area contributed by atoms with Crippen molar-refractivity contribution in [2.75, 3.05) is 31.1 Å². The summed E-state index contributed by atoms with van der Waals surface area (Å²) in [6.07, 6.45) is 1.28. The van der Waals surface area contributed by atoms with Gasteiger partial charge < -0.3 is 19.1 Å². The molecular weight excluding hydrogens is 398 g/mol. The maximum Gasteiger partial charge on any atom is 0.350 e. The second-order valence-corrected chi connectivity index (χ2v) is 7.19. The number of hydrogen-bond donors (Lipinski definition) is 1. The lowest BCUT2D eigenvalue weighted by Crippen LogP contribution is -2.39. The zero-order valence-electron chi connectivity index (χ0n) is 19.4. The van der Waals surface area contributed by atoms with Gasteiger partial charge in [-0.15, -0.1) is 5.10 Å². The van der Waals surface area contributed by atoms with Crippen molar-refractivity contribution in [2.24, 2.45) is 0 Å². The topological polar surface area (TPSA) is 94.0 Å². The van der Waals surface area contributed by atoms with E-state index in [1.807, 2.05) is 6.92 Å². The fourth-order valence-corrected chi connectivity index (χ4v) is 3.78. The minimum atomic E-state index is -2.63. The monoisotopic (exact) mass is 421 g/mol. The van der Waals surface area contributed by atoms with E-state index in [9.17, 15) is 4.79 Å². The lowest BCUT2D eigenvalue weighted by atomic mass is 10.1. The molecule has 2 aromatic heterocycles. The van der Waals surface area contributed by atoms with Crippen molar-refractivity contribution in [1.29, 1.82) is 0 Å². The second-order valence-electron chi connectivity index (χ2n) is 6.84. The van der Waals surface area contributed by atoms with Crippen LogP contribution in [0.5, 0.6) is 17.2 Å². The highest BCUT2D eigenvalue weighted by Crippen LogP contribution is 2.35. The fourth-order valence-electron chi connectivity index (χ4n) is 3.54. The number of H-pyrrole nitrogens is 1. The molecule has 0 radical (unpaired) electrons. The normalized spacial score (nSPS) is 22.5. The molecule has 4 heterocycles. The quantitative estimate of drug-likeness (QED) is 0.648. The molecule has 0 atom stereocenters. The number of rotatable bonds is 3. The van der Waals surface area contributed by atoms with Gasteiger partial charge in [0, 0.05) is 37.6 Å². The Bertz CT molecular complexity index is 1290. The van der Waals surface area contributed by atoms with Crippen LogP contribution < -0.4 is 24.8 Å². The van der Waals surface area contributed by atoms with Crippen molar-refractivity contribution in [3.05, 3.63) is 39.4 Å². The molecular formula is C19H20ClN5O4. The number of fused-ring (bicyclic) bond motifs is 2. The van der Waals surface area contributed by atoms with Crippen molar-refractivity contribution in [2.45, 2.75) is 25.9 Å². The Hall–Kier alpha value is -2.94. The van der Waals surface area contributed by atoms with Gasteiger partial charge in [-0.25, -0.2) is 14.3 Å². The summed E-state index contributed by atoms with van der Waals surface area (Å²) in [5.74, 6) is 1.56. The van der Waals surface area contributed by atoms with E-state index < -0.39 is 18.8 Å². The molecule has 0 aliphatic carbocycles. The lowest BCUT2D eigenvalue weighted by molar-refractivity contribution is 0.159. The largest absolute Gasteiger partial charge is 0.490 e. The highest BCUT2D eigenvalue weighted by atomic mass is 35.5. The van der Waals surface area contributed by atoms with Gasteiger partial charge in [0.2, 0.25) is 0 Å². The van der Waals surface area contributed by atoms with E-state index in [-0.39, 0.29) is 28.5 Å². The average Bonchev–Trinajstić information content (AvgIpc) is 3.13. The summed E-state index contributed by atoms with van der Waals surface area (Å²) in [5.41, 5.74) is 0.251. The third-order valence-electron chi connectivity index (χ3n) is 5.02. The number of hydrogen-bond acceptors (Lipinski definition) is 7. The number of anilines is 1. The molecule has 0 spiro atoms. The van der Waals surface area contributed by atoms with Gasteiger partial charge in [-0.1, -0.05) is 11.6 Å². The van der Waals surface area contributed by atoms with Crippen LogP contribution >= 0.6 is 11.6 Å². The van der Waals surface area contributed by atoms with Crippen molar-refractivity contribution >= 4 is 23.2 Å². The van der Waals surface area contributed by atoms with Crippen LogP contribution in [0.1, 0.15) is 23.9 Å². The van der Waals surface area contributed by atoms with Crippen molar-refractivity contribution in [3.63, 3.8) is 0 Å². The smallest absolute Gasteiger partial charge is 0.350 e. The summed E-state index contributed by atoms with van der Waals surface area (Å²) in [6, 6.07) is 4.65. The Kier molecular flexibility index (Phi) is 3.48. The second kappa shape index (κ2) is 7.14. The van der Waals surface area contributed by atoms with E-state index in [1.54, 1.807) is 6.07 Å². The Labute approximate surface area is 176 Å². The molecule has 0 amide bonds. The van der Waals surface area contributed by atoms with Crippen LogP contribution in [0.4, 0.5) is 5.82 Å². The number of piperidine rings is 1. The first kappa shape index (κ1) is 14.1. The molecule has 1 aromatic carbocycles. The van der Waals surface area contributed by atoms with Gasteiger partial charge in [-0.3, -0.25) is 0 Å². The average molecular weight is 422 g/mol. The minimum Gasteiger partial charge on any atom is -0.490 e. The fraction of sp³-hybridized carbons (Fsp3) is 0.421. The molecule has 1 fully saturated rings. The van der Waals surface area contributed by atoms with Crippen molar-refractivity contribution in [3.8, 4) is 17.2 Å². The highest BCUT2D eigenvalue weighted by Gasteiger charge is 2.25. The standard InChI is InChI=1S/C19H20ClN5O4/c1-11-16(20)25-18(22-23-19(25)26)21-17(11)24-6-4-12(5-7-24)29-13-2-3-14-15(10-13)28-9-8-27-14/h2-3,10,12H,4-9H2,1H3,(H,23,26)/i8D2,9D2. The molecule has 0 unspecified atom stereocenters. The van der Waals surface area contributed by atoms with Crippen molar-refractivity contribution < 1.29 is 19.7 Å². The van der Waals surface area contributed by atoms with E-state index in [2.05, 4.69) is 20.1 Å². The predicted molar refractivity (Wildman–Crippen MR) is 107 cm³/mol. The first-order chi connectivity index (χ1) is 15.6. The molecule has 5 rings (SSSR count). The number of nitrogens with zero attached hydrogens (tertiary/aromatic N) is 4. The van der Waals surface area contributed by atoms with E-state index in [0.29, 0.717) is 43.1 Å². The van der Waals surface area contributed by atoms with E-state index >= 15 is 0 Å². The summed E-state index contributed by atoms with van der Waals surface area (Å²) in [5, 5.41) is 6.53. The summed E-state index contributed by atoms with van der Waals surface area (Å²) >= 11 is 6.37. The molecule has 3 aromatic rings. The Morgan fingerprint density at radius 3 is 2.83 bits per heavy atom. The van der Waals surface area contributed by atoms with E-state index in [4.69, 9.17) is 31.3 Å². The zero-order chi connectivity index (χ0) is 23.5. The number of aromatic nitrogens is 4. The van der Waals surface area contributed by atoms with Crippen molar-refractivity contribution in [1.82, 2.24) is 19.6 Å². The van der Waals surface area contributed by atoms with Gasteiger partial charge in [-0.05, 0) is 19.1 Å². The summed E-state index contributed by atoms with van der Waals surface area (Å²) in [4.78, 5) is 18.4. The third-order valence-corrected chi connectivity index (χ3v) is 5.48. The summed E-state index contributed by atoms with van der Waals surface area (Å²) in [6.45, 7) is -2.13. The number of nitrogens with one attached hydrogen (secondary N) is 1. The third kappa shape index (κ3) is 3.25. The van der Waals surface area contributed by atoms with Crippen LogP contribution in [0.3, 0.4) is 0 Å². The molecule has 1 N–H and O–H groups in total. The van der Waals surface area contributed by atoms with Crippen LogP contribution in [0, 0.1) is 6.92 Å². The highest BCUT2D eigenvalue weighted by molar-refractivity contribution is 6.30. The Morgan fingerprint density at radius 1 is 1.28 bits per heavy atom. The SMILES string of the molecule is [2H]C1([2H])Oc2ccc(OC3CCN(c4nc5n[nH]c(=O)n5c(Cl)c4C)CC3)cc2OC1([2H])[2H]. The number of halogens is 1. The molecule has 2 aliphatic heterocycles. The Morgan fingerprint density at radius 2 is 2.03 bits per heavy atom. The molecule has 1 saturated heterocycles. The van der Waals surface area contributed by atoms with Gasteiger partial charge in [-0.2, -0.15) is 4.98 Å². The van der Waals surface area contributed by atoms with Gasteiger partial charge in [0.1, 0.15) is 35.9 Å². The molecule has 0 bridgehead atoms. The van der Waals surface area contributed by atoms with Gasteiger partial charge in [0.05, 0.1) is 5.48 Å². The maximum atomic E-state index is 11.8. The van der Waals surface area contributed by atoms with E-state index in [0.717, 1.165) is 0 Å². The lowest BCUT2D eigenvalue weighted by Gasteiger charge is -2.34. The summed E-state index contributed by atoms with van der Waals surface area (Å²) < 4.78 is 48.4. The predicted octanol–water partition coefficient (Wildman–Crippen LogP) is 2.20. The molecule has 29 heavy (non-hydrogen) atoms. The van der Waals surface area contributed by atoms with E-state index in [1.165, 1.54) is 16.5 Å². The van der Waals surface area contributed by atoms with Crippen LogP contribution in [0.2, 0.25) is 5.15 Å². The van der Waals surface area contributed by atoms with Crippen LogP contribution in [0.15, 0.2) is 23.0 Å². The molecule has 2 aliphatic rings. The van der Waals surface area contributed by atoms with Gasteiger partial charge in [0.25, 0.3) is 5.78 Å². The number of benzene rings is 1. The summed E-state index contributed by atoms with van der Waals surface area (Å²) in [7, 11) is 0. The zero-order valence-corrected chi connectivity index (χ0v) is 16.2. The van der Waals surface area contributed by atoms with Gasteiger partial charge >= 0.3 is 5.69 Å². The molecule has 10 heteroatoms. The minimum absolute atomic E-state index is 0.0853. The molecule has 0 saturated carbocycles. The Balaban J connectivity index is 1.28.